The maximum absolute atomic E-state index is 12.5. The fourth-order valence-corrected chi connectivity index (χ4v) is 6.68. The lowest BCUT2D eigenvalue weighted by Gasteiger charge is -2.19. The van der Waals surface area contributed by atoms with Crippen LogP contribution in [0.15, 0.2) is 30.3 Å². The first-order valence-corrected chi connectivity index (χ1v) is 21.8. The van der Waals surface area contributed by atoms with E-state index in [2.05, 4.69) is 13.8 Å². The normalized spacial score (nSPS) is 13.2. The molecule has 1 N–H and O–H groups in total. The van der Waals surface area contributed by atoms with Crippen molar-refractivity contribution in [2.24, 2.45) is 5.92 Å². The Balaban J connectivity index is 2.32. The highest BCUT2D eigenvalue weighted by atomic mass is 31.2. The number of phosphoric acid groups is 1. The van der Waals surface area contributed by atoms with Crippen molar-refractivity contribution in [3.8, 4) is 0 Å². The van der Waals surface area contributed by atoms with Gasteiger partial charge in [-0.05, 0) is 18.4 Å². The van der Waals surface area contributed by atoms with Crippen molar-refractivity contribution in [1.82, 2.24) is 0 Å². The molecule has 1 rings (SSSR count). The molecule has 9 heteroatoms. The maximum Gasteiger partial charge on any atom is 0.472 e. The third-order valence-corrected chi connectivity index (χ3v) is 10.1. The molecule has 0 saturated heterocycles. The van der Waals surface area contributed by atoms with Gasteiger partial charge in [-0.3, -0.25) is 18.6 Å². The first-order valence-electron chi connectivity index (χ1n) is 20.3. The average Bonchev–Trinajstić information content (AvgIpc) is 3.11. The monoisotopic (exact) mass is 725 g/mol. The zero-order chi connectivity index (χ0) is 36.4. The van der Waals surface area contributed by atoms with Gasteiger partial charge in [0.15, 0.2) is 0 Å². The van der Waals surface area contributed by atoms with Crippen molar-refractivity contribution < 1.29 is 37.6 Å². The molecule has 0 saturated carbocycles. The molecular formula is C41H73O8P. The largest absolute Gasteiger partial charge is 0.472 e. The van der Waals surface area contributed by atoms with Crippen LogP contribution in [0.1, 0.15) is 186 Å². The highest BCUT2D eigenvalue weighted by Gasteiger charge is 2.25. The van der Waals surface area contributed by atoms with Crippen LogP contribution in [0, 0.1) is 5.92 Å². The lowest BCUT2D eigenvalue weighted by Crippen LogP contribution is -2.25. The summed E-state index contributed by atoms with van der Waals surface area (Å²) in [6.45, 7) is 4.02. The topological polar surface area (TPSA) is 108 Å². The van der Waals surface area contributed by atoms with Crippen LogP contribution in [0.3, 0.4) is 0 Å². The van der Waals surface area contributed by atoms with Gasteiger partial charge in [0.05, 0.1) is 32.3 Å². The summed E-state index contributed by atoms with van der Waals surface area (Å²) in [5.41, 5.74) is 0.736. The van der Waals surface area contributed by atoms with Crippen molar-refractivity contribution in [1.29, 1.82) is 0 Å². The quantitative estimate of drug-likeness (QED) is 0.0414. The summed E-state index contributed by atoms with van der Waals surface area (Å²) in [4.78, 5) is 35.2. The highest BCUT2D eigenvalue weighted by Crippen LogP contribution is 2.44. The Hall–Kier alpha value is -1.73. The van der Waals surface area contributed by atoms with Gasteiger partial charge >= 0.3 is 19.8 Å². The minimum atomic E-state index is -4.37. The summed E-state index contributed by atoms with van der Waals surface area (Å²) >= 11 is 0. The van der Waals surface area contributed by atoms with E-state index in [-0.39, 0.29) is 38.4 Å². The van der Waals surface area contributed by atoms with Crippen molar-refractivity contribution >= 4 is 19.8 Å². The van der Waals surface area contributed by atoms with E-state index in [1.54, 1.807) is 12.1 Å². The highest BCUT2D eigenvalue weighted by molar-refractivity contribution is 7.47. The minimum Gasteiger partial charge on any atom is -0.465 e. The van der Waals surface area contributed by atoms with Gasteiger partial charge in [0.1, 0.15) is 0 Å². The van der Waals surface area contributed by atoms with Crippen LogP contribution in [-0.4, -0.2) is 36.7 Å². The van der Waals surface area contributed by atoms with Crippen molar-refractivity contribution in [3.63, 3.8) is 0 Å². The molecule has 0 aromatic heterocycles. The predicted molar refractivity (Wildman–Crippen MR) is 204 cm³/mol. The number of esters is 2. The first kappa shape index (κ1) is 46.3. The van der Waals surface area contributed by atoms with Crippen LogP contribution in [0.4, 0.5) is 0 Å². The Morgan fingerprint density at radius 1 is 0.540 bits per heavy atom. The number of unbranched alkanes of at least 4 members (excludes halogenated alkanes) is 22. The number of ether oxygens (including phenoxy) is 2. The Kier molecular flexibility index (Phi) is 30.7. The summed E-state index contributed by atoms with van der Waals surface area (Å²) < 4.78 is 33.9. The molecular weight excluding hydrogens is 651 g/mol. The molecule has 0 aliphatic carbocycles. The number of benzene rings is 1. The molecule has 8 nitrogen and oxygen atoms in total. The lowest BCUT2D eigenvalue weighted by atomic mass is 10.0. The second-order valence-corrected chi connectivity index (χ2v) is 15.5. The second-order valence-electron chi connectivity index (χ2n) is 14.0. The molecule has 0 heterocycles. The van der Waals surface area contributed by atoms with Crippen molar-refractivity contribution in [2.45, 2.75) is 187 Å². The molecule has 0 aliphatic heterocycles. The Bertz CT molecular complexity index is 973. The van der Waals surface area contributed by atoms with Gasteiger partial charge in [-0.15, -0.1) is 0 Å². The molecule has 0 radical (unpaired) electrons. The predicted octanol–water partition coefficient (Wildman–Crippen LogP) is 12.2. The van der Waals surface area contributed by atoms with Gasteiger partial charge < -0.3 is 14.4 Å². The van der Waals surface area contributed by atoms with E-state index in [9.17, 15) is 19.0 Å². The molecule has 290 valence electrons. The zero-order valence-electron chi connectivity index (χ0n) is 31.9. The molecule has 0 spiro atoms. The summed E-state index contributed by atoms with van der Waals surface area (Å²) in [7, 11) is -4.37. The summed E-state index contributed by atoms with van der Waals surface area (Å²) in [5.74, 6) is -1.23. The Morgan fingerprint density at radius 2 is 0.900 bits per heavy atom. The summed E-state index contributed by atoms with van der Waals surface area (Å²) in [5, 5.41) is 0. The second kappa shape index (κ2) is 33.1. The fraction of sp³-hybridized carbons (Fsp3) is 0.805. The molecule has 0 aliphatic rings. The van der Waals surface area contributed by atoms with E-state index in [1.807, 2.05) is 18.2 Å². The number of phosphoric ester groups is 1. The molecule has 2 unspecified atom stereocenters. The number of hydrogen-bond donors (Lipinski definition) is 1. The van der Waals surface area contributed by atoms with Gasteiger partial charge in [0.25, 0.3) is 0 Å². The minimum absolute atomic E-state index is 0.0678. The van der Waals surface area contributed by atoms with E-state index in [0.717, 1.165) is 44.1 Å². The van der Waals surface area contributed by atoms with Crippen LogP contribution in [0.25, 0.3) is 0 Å². The molecule has 1 aromatic carbocycles. The van der Waals surface area contributed by atoms with Crippen molar-refractivity contribution in [2.75, 3.05) is 19.8 Å². The van der Waals surface area contributed by atoms with Gasteiger partial charge in [-0.2, -0.15) is 0 Å². The number of carbonyl (C=O) groups excluding carboxylic acids is 2. The van der Waals surface area contributed by atoms with E-state index < -0.39 is 13.7 Å². The van der Waals surface area contributed by atoms with Crippen LogP contribution >= 0.6 is 7.82 Å². The van der Waals surface area contributed by atoms with Gasteiger partial charge in [0.2, 0.25) is 0 Å². The van der Waals surface area contributed by atoms with Crippen LogP contribution in [-0.2, 0) is 39.3 Å². The molecule has 0 amide bonds. The Labute approximate surface area is 305 Å². The van der Waals surface area contributed by atoms with Gasteiger partial charge in [0, 0.05) is 12.8 Å². The molecule has 0 bridgehead atoms. The third kappa shape index (κ3) is 29.9. The van der Waals surface area contributed by atoms with E-state index >= 15 is 0 Å². The number of carbonyl (C=O) groups is 2. The standard InChI is InChI=1S/C41H73O8P/c1-3-5-7-9-11-13-15-16-18-20-22-24-29-33-41(43)47-35-39(37-49-50(44,45)48-36-38-30-26-25-27-31-38)34-46-40(42)32-28-23-21-19-17-14-12-10-8-6-4-2/h25-27,30-31,39H,3-24,28-29,32-37H2,1-2H3,(H,44,45). The summed E-state index contributed by atoms with van der Waals surface area (Å²) in [6.07, 6.45) is 29.9. The Morgan fingerprint density at radius 3 is 1.28 bits per heavy atom. The zero-order valence-corrected chi connectivity index (χ0v) is 32.8. The van der Waals surface area contributed by atoms with Crippen LogP contribution in [0.5, 0.6) is 0 Å². The van der Waals surface area contributed by atoms with E-state index in [1.165, 1.54) is 116 Å². The molecule has 50 heavy (non-hydrogen) atoms. The average molecular weight is 725 g/mol. The van der Waals surface area contributed by atoms with E-state index in [4.69, 9.17) is 18.5 Å². The molecule has 0 fully saturated rings. The maximum atomic E-state index is 12.5. The van der Waals surface area contributed by atoms with Gasteiger partial charge in [-0.1, -0.05) is 185 Å². The molecule has 2 atom stereocenters. The van der Waals surface area contributed by atoms with Crippen molar-refractivity contribution in [3.05, 3.63) is 35.9 Å². The smallest absolute Gasteiger partial charge is 0.465 e. The first-order chi connectivity index (χ1) is 24.4. The number of hydrogen-bond acceptors (Lipinski definition) is 7. The van der Waals surface area contributed by atoms with Crippen LogP contribution in [0.2, 0.25) is 0 Å². The van der Waals surface area contributed by atoms with Crippen LogP contribution < -0.4 is 0 Å². The number of rotatable bonds is 36. The summed E-state index contributed by atoms with van der Waals surface area (Å²) in [6, 6.07) is 9.05. The van der Waals surface area contributed by atoms with E-state index in [0.29, 0.717) is 12.8 Å². The third-order valence-electron chi connectivity index (χ3n) is 9.14. The SMILES string of the molecule is CCCCCCCCCCCCCCCC(=O)OCC(COC(=O)CCCCCCCCCCCCC)COP(=O)(O)OCc1ccccc1. The van der Waals surface area contributed by atoms with Gasteiger partial charge in [-0.25, -0.2) is 4.57 Å². The fourth-order valence-electron chi connectivity index (χ4n) is 5.90. The molecule has 1 aromatic rings. The lowest BCUT2D eigenvalue weighted by molar-refractivity contribution is -0.149.